The predicted octanol–water partition coefficient (Wildman–Crippen LogP) is 16.3. The van der Waals surface area contributed by atoms with Gasteiger partial charge in [0, 0.05) is 6.42 Å². The molecule has 8 nitrogen and oxygen atoms in total. The highest BCUT2D eigenvalue weighted by Gasteiger charge is 2.27. The Balaban J connectivity index is 3.93. The lowest BCUT2D eigenvalue weighted by molar-refractivity contribution is -0.870. The molecule has 0 fully saturated rings. The second-order valence-electron chi connectivity index (χ2n) is 20.3. The number of hydrogen-bond acceptors (Lipinski definition) is 5. The van der Waals surface area contributed by atoms with Gasteiger partial charge in [0.1, 0.15) is 13.2 Å². The number of aliphatic hydroxyl groups is 1. The van der Waals surface area contributed by atoms with Crippen molar-refractivity contribution in [3.63, 3.8) is 0 Å². The fraction of sp³-hybridized carbons (Fsp3) is 0.944. The van der Waals surface area contributed by atoms with Gasteiger partial charge in [0.05, 0.1) is 39.9 Å². The summed E-state index contributed by atoms with van der Waals surface area (Å²) in [6.07, 6.45) is 56.2. The van der Waals surface area contributed by atoms with Crippen molar-refractivity contribution in [1.29, 1.82) is 0 Å². The number of phosphoric acid groups is 1. The number of carbonyl (C=O) groups is 1. The van der Waals surface area contributed by atoms with E-state index < -0.39 is 20.0 Å². The number of allylic oxidation sites excluding steroid dienone is 1. The van der Waals surface area contributed by atoms with Crippen LogP contribution in [0.25, 0.3) is 0 Å². The average Bonchev–Trinajstić information content (AvgIpc) is 3.24. The molecule has 0 saturated carbocycles. The topological polar surface area (TPSA) is 105 Å². The Bertz CT molecular complexity index is 1040. The van der Waals surface area contributed by atoms with Crippen LogP contribution in [0.15, 0.2) is 12.2 Å². The summed E-state index contributed by atoms with van der Waals surface area (Å²) in [7, 11) is 1.58. The van der Waals surface area contributed by atoms with Gasteiger partial charge in [0.2, 0.25) is 5.91 Å². The second kappa shape index (κ2) is 46.4. The maximum atomic E-state index is 12.9. The van der Waals surface area contributed by atoms with E-state index in [1.807, 2.05) is 27.2 Å². The van der Waals surface area contributed by atoms with Crippen LogP contribution in [0.3, 0.4) is 0 Å². The monoisotopic (exact) mass is 914 g/mol. The number of likely N-dealkylation sites (N-methyl/N-ethyl adjacent to an activating group) is 1. The molecule has 3 N–H and O–H groups in total. The third kappa shape index (κ3) is 49.0. The molecule has 0 aromatic heterocycles. The number of quaternary nitrogens is 1. The Kier molecular flexibility index (Phi) is 45.8. The van der Waals surface area contributed by atoms with Gasteiger partial charge in [0.25, 0.3) is 0 Å². The van der Waals surface area contributed by atoms with E-state index >= 15 is 0 Å². The van der Waals surface area contributed by atoms with Crippen molar-refractivity contribution < 1.29 is 32.9 Å². The normalized spacial score (nSPS) is 14.1. The maximum Gasteiger partial charge on any atom is 0.472 e. The fourth-order valence-electron chi connectivity index (χ4n) is 8.40. The number of hydrogen-bond donors (Lipinski definition) is 3. The molecule has 3 unspecified atom stereocenters. The molecule has 0 radical (unpaired) electrons. The lowest BCUT2D eigenvalue weighted by atomic mass is 10.0. The number of aliphatic hydroxyl groups excluding tert-OH is 1. The van der Waals surface area contributed by atoms with E-state index in [9.17, 15) is 19.4 Å². The number of phosphoric ester groups is 1. The molecule has 0 saturated heterocycles. The Labute approximate surface area is 392 Å². The van der Waals surface area contributed by atoms with Crippen molar-refractivity contribution >= 4 is 13.7 Å². The third-order valence-electron chi connectivity index (χ3n) is 12.8. The summed E-state index contributed by atoms with van der Waals surface area (Å²) in [6, 6.07) is -0.840. The first kappa shape index (κ1) is 62.2. The minimum Gasteiger partial charge on any atom is -0.387 e. The second-order valence-corrected chi connectivity index (χ2v) is 21.8. The van der Waals surface area contributed by atoms with Crippen molar-refractivity contribution in [2.75, 3.05) is 40.9 Å². The lowest BCUT2D eigenvalue weighted by Gasteiger charge is -2.25. The zero-order valence-corrected chi connectivity index (χ0v) is 43.7. The molecular formula is C54H110N2O6P+. The molecule has 0 rings (SSSR count). The van der Waals surface area contributed by atoms with E-state index in [0.717, 1.165) is 38.5 Å². The van der Waals surface area contributed by atoms with E-state index in [4.69, 9.17) is 9.05 Å². The molecule has 0 aromatic rings. The van der Waals surface area contributed by atoms with Crippen LogP contribution in [0.5, 0.6) is 0 Å². The average molecular weight is 914 g/mol. The zero-order chi connectivity index (χ0) is 46.4. The summed E-state index contributed by atoms with van der Waals surface area (Å²) in [5, 5.41) is 13.8. The van der Waals surface area contributed by atoms with Gasteiger partial charge in [-0.3, -0.25) is 13.8 Å². The maximum absolute atomic E-state index is 12.9. The minimum absolute atomic E-state index is 0.0645. The van der Waals surface area contributed by atoms with Gasteiger partial charge in [-0.1, -0.05) is 264 Å². The summed E-state index contributed by atoms with van der Waals surface area (Å²) in [5.41, 5.74) is 0. The third-order valence-corrected chi connectivity index (χ3v) is 13.7. The highest BCUT2D eigenvalue weighted by atomic mass is 31.2. The first-order valence-electron chi connectivity index (χ1n) is 27.6. The van der Waals surface area contributed by atoms with E-state index in [-0.39, 0.29) is 19.1 Å². The van der Waals surface area contributed by atoms with Gasteiger partial charge in [-0.15, -0.1) is 0 Å². The predicted molar refractivity (Wildman–Crippen MR) is 272 cm³/mol. The van der Waals surface area contributed by atoms with E-state index in [1.165, 1.54) is 218 Å². The Hall–Kier alpha value is -0.760. The van der Waals surface area contributed by atoms with Crippen molar-refractivity contribution in [3.05, 3.63) is 12.2 Å². The molecule has 0 aromatic carbocycles. The standard InChI is InChI=1S/C54H109N2O6P/c1-6-8-10-12-14-16-18-19-20-21-22-23-24-25-26-27-28-29-30-31-32-33-34-35-36-37-38-40-42-44-46-48-54(58)55-52(51-62-63(59,60)61-50-49-56(3,4)5)53(57)47-45-43-41-39-17-15-13-11-9-7-2/h45,47,52-53,57H,6-44,46,48-51H2,1-5H3,(H-,55,58,59,60)/p+1/b47-45+. The van der Waals surface area contributed by atoms with Gasteiger partial charge in [-0.2, -0.15) is 0 Å². The quantitative estimate of drug-likeness (QED) is 0.0243. The van der Waals surface area contributed by atoms with E-state index in [1.54, 1.807) is 6.08 Å². The summed E-state index contributed by atoms with van der Waals surface area (Å²) >= 11 is 0. The Morgan fingerprint density at radius 2 is 0.841 bits per heavy atom. The van der Waals surface area contributed by atoms with Crippen LogP contribution in [-0.4, -0.2) is 73.4 Å². The smallest absolute Gasteiger partial charge is 0.387 e. The van der Waals surface area contributed by atoms with Gasteiger partial charge < -0.3 is 19.8 Å². The number of carbonyl (C=O) groups excluding carboxylic acids is 1. The van der Waals surface area contributed by atoms with Crippen LogP contribution in [0.1, 0.15) is 277 Å². The first-order chi connectivity index (χ1) is 30.5. The summed E-state index contributed by atoms with van der Waals surface area (Å²) in [5.74, 6) is -0.173. The van der Waals surface area contributed by atoms with Crippen LogP contribution >= 0.6 is 7.82 Å². The minimum atomic E-state index is -4.33. The molecule has 376 valence electrons. The highest BCUT2D eigenvalue weighted by Crippen LogP contribution is 2.43. The summed E-state index contributed by atoms with van der Waals surface area (Å²) in [4.78, 5) is 23.2. The Morgan fingerprint density at radius 1 is 0.524 bits per heavy atom. The molecule has 0 bridgehead atoms. The molecule has 0 spiro atoms. The van der Waals surface area contributed by atoms with Crippen LogP contribution in [-0.2, 0) is 18.4 Å². The number of nitrogens with zero attached hydrogens (tertiary/aromatic N) is 1. The molecule has 1 amide bonds. The summed E-state index contributed by atoms with van der Waals surface area (Å²) in [6.45, 7) is 4.83. The van der Waals surface area contributed by atoms with E-state index in [2.05, 4.69) is 19.2 Å². The molecule has 0 aliphatic rings. The fourth-order valence-corrected chi connectivity index (χ4v) is 9.13. The molecule has 0 aliphatic heterocycles. The van der Waals surface area contributed by atoms with Crippen LogP contribution < -0.4 is 5.32 Å². The number of unbranched alkanes of at least 4 members (excludes halogenated alkanes) is 38. The molecule has 9 heteroatoms. The largest absolute Gasteiger partial charge is 0.472 e. The molecule has 0 heterocycles. The first-order valence-corrected chi connectivity index (χ1v) is 29.1. The van der Waals surface area contributed by atoms with Crippen molar-refractivity contribution in [1.82, 2.24) is 5.32 Å². The van der Waals surface area contributed by atoms with Crippen molar-refractivity contribution in [2.24, 2.45) is 0 Å². The van der Waals surface area contributed by atoms with Gasteiger partial charge >= 0.3 is 7.82 Å². The zero-order valence-electron chi connectivity index (χ0n) is 42.8. The number of amides is 1. The number of rotatable bonds is 51. The lowest BCUT2D eigenvalue weighted by Crippen LogP contribution is -2.45. The van der Waals surface area contributed by atoms with Gasteiger partial charge in [-0.05, 0) is 19.3 Å². The number of nitrogens with one attached hydrogen (secondary N) is 1. The van der Waals surface area contributed by atoms with Gasteiger partial charge in [0.15, 0.2) is 0 Å². The van der Waals surface area contributed by atoms with Crippen LogP contribution in [0.2, 0.25) is 0 Å². The van der Waals surface area contributed by atoms with Crippen LogP contribution in [0.4, 0.5) is 0 Å². The molecule has 63 heavy (non-hydrogen) atoms. The Morgan fingerprint density at radius 3 is 1.17 bits per heavy atom. The molecular weight excluding hydrogens is 804 g/mol. The van der Waals surface area contributed by atoms with Crippen LogP contribution in [0, 0.1) is 0 Å². The van der Waals surface area contributed by atoms with Crippen molar-refractivity contribution in [3.8, 4) is 0 Å². The van der Waals surface area contributed by atoms with Gasteiger partial charge in [-0.25, -0.2) is 4.57 Å². The molecule has 3 atom stereocenters. The van der Waals surface area contributed by atoms with Crippen molar-refractivity contribution in [2.45, 2.75) is 289 Å². The SMILES string of the molecule is CCCCCCCCCC/C=C/C(O)C(COP(=O)(O)OCC[N+](C)(C)C)NC(=O)CCCCCCCCCCCCCCCCCCCCCCCCCCCCCCCCC. The summed E-state index contributed by atoms with van der Waals surface area (Å²) < 4.78 is 23.6. The molecule has 0 aliphatic carbocycles. The highest BCUT2D eigenvalue weighted by molar-refractivity contribution is 7.47. The van der Waals surface area contributed by atoms with E-state index in [0.29, 0.717) is 17.4 Å².